The Morgan fingerprint density at radius 1 is 1.69 bits per heavy atom. The highest BCUT2D eigenvalue weighted by Gasteiger charge is 2.13. The largest absolute Gasteiger partial charge is 0.458 e. The molecule has 16 heavy (non-hydrogen) atoms. The number of aromatic nitrogens is 2. The highest BCUT2D eigenvalue weighted by atomic mass is 16.5. The summed E-state index contributed by atoms with van der Waals surface area (Å²) >= 11 is 0. The van der Waals surface area contributed by atoms with Crippen LogP contribution >= 0.6 is 0 Å². The lowest BCUT2D eigenvalue weighted by Gasteiger charge is -2.00. The summed E-state index contributed by atoms with van der Waals surface area (Å²) in [5.74, 6) is -0.430. The molecule has 0 unspecified atom stereocenters. The zero-order valence-corrected chi connectivity index (χ0v) is 8.59. The lowest BCUT2D eigenvalue weighted by Crippen LogP contribution is -2.04. The minimum atomic E-state index is -0.430. The normalized spacial score (nSPS) is 10.2. The quantitative estimate of drug-likeness (QED) is 0.620. The number of nitrogens with zero attached hydrogens (tertiary/aromatic N) is 2. The van der Waals surface area contributed by atoms with Gasteiger partial charge in [0.15, 0.2) is 0 Å². The number of carbonyl (C=O) groups excluding carboxylic acids is 1. The summed E-state index contributed by atoms with van der Waals surface area (Å²) in [6, 6.07) is 3.39. The molecule has 0 fully saturated rings. The number of hydrogen-bond donors (Lipinski definition) is 1. The molecular weight excluding hydrogens is 206 g/mol. The van der Waals surface area contributed by atoms with Crippen molar-refractivity contribution < 1.29 is 9.53 Å². The van der Waals surface area contributed by atoms with Crippen molar-refractivity contribution in [1.82, 2.24) is 9.61 Å². The Balaban J connectivity index is 2.40. The van der Waals surface area contributed by atoms with E-state index in [1.807, 2.05) is 0 Å². The van der Waals surface area contributed by atoms with Gasteiger partial charge in [0.1, 0.15) is 12.2 Å². The number of ether oxygens (including phenoxy) is 1. The van der Waals surface area contributed by atoms with Crippen molar-refractivity contribution in [1.29, 1.82) is 0 Å². The lowest BCUT2D eigenvalue weighted by molar-refractivity contribution is 0.0552. The zero-order valence-electron chi connectivity index (χ0n) is 8.59. The van der Waals surface area contributed by atoms with Crippen molar-refractivity contribution in [2.45, 2.75) is 0 Å². The molecule has 2 aromatic rings. The van der Waals surface area contributed by atoms with Gasteiger partial charge in [-0.2, -0.15) is 5.10 Å². The second-order valence-electron chi connectivity index (χ2n) is 3.24. The van der Waals surface area contributed by atoms with E-state index >= 15 is 0 Å². The van der Waals surface area contributed by atoms with E-state index in [9.17, 15) is 4.79 Å². The monoisotopic (exact) mass is 217 g/mol. The topological polar surface area (TPSA) is 69.6 Å². The summed E-state index contributed by atoms with van der Waals surface area (Å²) in [5, 5.41) is 4.02. The number of carbonyl (C=O) groups is 1. The number of pyridine rings is 1. The predicted molar refractivity (Wildman–Crippen MR) is 60.1 cm³/mol. The molecule has 0 bridgehead atoms. The Kier molecular flexibility index (Phi) is 2.59. The number of hydrogen-bond acceptors (Lipinski definition) is 4. The molecule has 0 amide bonds. The van der Waals surface area contributed by atoms with Crippen molar-refractivity contribution in [2.24, 2.45) is 0 Å². The van der Waals surface area contributed by atoms with Gasteiger partial charge in [-0.25, -0.2) is 9.31 Å². The van der Waals surface area contributed by atoms with Gasteiger partial charge in [0.25, 0.3) is 0 Å². The molecule has 5 heteroatoms. The minimum absolute atomic E-state index is 0.179. The SMILES string of the molecule is C=CCOC(=O)c1cnn2ccc(N)cc12. The van der Waals surface area contributed by atoms with Crippen molar-refractivity contribution in [3.63, 3.8) is 0 Å². The first-order valence-electron chi connectivity index (χ1n) is 4.73. The third-order valence-electron chi connectivity index (χ3n) is 2.10. The van der Waals surface area contributed by atoms with E-state index in [1.165, 1.54) is 12.3 Å². The summed E-state index contributed by atoms with van der Waals surface area (Å²) in [4.78, 5) is 11.6. The van der Waals surface area contributed by atoms with Crippen LogP contribution in [-0.2, 0) is 4.74 Å². The van der Waals surface area contributed by atoms with Gasteiger partial charge in [-0.3, -0.25) is 0 Å². The number of fused-ring (bicyclic) bond motifs is 1. The molecule has 0 saturated heterocycles. The summed E-state index contributed by atoms with van der Waals surface area (Å²) < 4.78 is 6.50. The summed E-state index contributed by atoms with van der Waals surface area (Å²) in [6.07, 6.45) is 4.66. The van der Waals surface area contributed by atoms with E-state index in [2.05, 4.69) is 11.7 Å². The van der Waals surface area contributed by atoms with Gasteiger partial charge >= 0.3 is 5.97 Å². The number of esters is 1. The van der Waals surface area contributed by atoms with E-state index in [4.69, 9.17) is 10.5 Å². The number of anilines is 1. The molecule has 2 rings (SSSR count). The fourth-order valence-corrected chi connectivity index (χ4v) is 1.37. The molecule has 0 aromatic carbocycles. The Hall–Kier alpha value is -2.30. The second-order valence-corrected chi connectivity index (χ2v) is 3.24. The second kappa shape index (κ2) is 4.06. The number of rotatable bonds is 3. The Bertz CT molecular complexity index is 545. The molecule has 2 aromatic heterocycles. The molecule has 0 atom stereocenters. The van der Waals surface area contributed by atoms with Crippen LogP contribution in [0, 0.1) is 0 Å². The summed E-state index contributed by atoms with van der Waals surface area (Å²) in [5.41, 5.74) is 7.25. The third kappa shape index (κ3) is 1.75. The highest BCUT2D eigenvalue weighted by molar-refractivity contribution is 5.97. The molecule has 82 valence electrons. The molecule has 2 heterocycles. The average molecular weight is 217 g/mol. The predicted octanol–water partition coefficient (Wildman–Crippen LogP) is 1.26. The number of nitrogen functional groups attached to an aromatic ring is 1. The fraction of sp³-hybridized carbons (Fsp3) is 0.0909. The molecule has 0 saturated carbocycles. The van der Waals surface area contributed by atoms with Gasteiger partial charge in [0.2, 0.25) is 0 Å². The zero-order chi connectivity index (χ0) is 11.5. The minimum Gasteiger partial charge on any atom is -0.458 e. The van der Waals surface area contributed by atoms with Crippen LogP contribution in [0.1, 0.15) is 10.4 Å². The van der Waals surface area contributed by atoms with Crippen LogP contribution in [0.2, 0.25) is 0 Å². The lowest BCUT2D eigenvalue weighted by atomic mass is 10.2. The first-order chi connectivity index (χ1) is 7.72. The van der Waals surface area contributed by atoms with E-state index in [1.54, 1.807) is 22.8 Å². The molecule has 0 aliphatic rings. The van der Waals surface area contributed by atoms with Gasteiger partial charge in [0.05, 0.1) is 11.7 Å². The van der Waals surface area contributed by atoms with Gasteiger partial charge in [-0.1, -0.05) is 12.7 Å². The Labute approximate surface area is 92.1 Å². The van der Waals surface area contributed by atoms with Crippen LogP contribution in [0.25, 0.3) is 5.52 Å². The van der Waals surface area contributed by atoms with E-state index < -0.39 is 5.97 Å². The van der Waals surface area contributed by atoms with E-state index in [0.29, 0.717) is 16.8 Å². The third-order valence-corrected chi connectivity index (χ3v) is 2.10. The van der Waals surface area contributed by atoms with Gasteiger partial charge in [0, 0.05) is 11.9 Å². The maximum absolute atomic E-state index is 11.6. The average Bonchev–Trinajstić information content (AvgIpc) is 2.68. The smallest absolute Gasteiger partial charge is 0.342 e. The highest BCUT2D eigenvalue weighted by Crippen LogP contribution is 2.14. The van der Waals surface area contributed by atoms with Gasteiger partial charge < -0.3 is 10.5 Å². The molecule has 0 aliphatic carbocycles. The first-order valence-corrected chi connectivity index (χ1v) is 4.73. The summed E-state index contributed by atoms with van der Waals surface area (Å²) in [7, 11) is 0. The Morgan fingerprint density at radius 3 is 3.25 bits per heavy atom. The van der Waals surface area contributed by atoms with Crippen LogP contribution in [-0.4, -0.2) is 22.2 Å². The van der Waals surface area contributed by atoms with Crippen molar-refractivity contribution in [3.05, 3.63) is 42.7 Å². The first kappa shape index (κ1) is 10.2. The maximum Gasteiger partial charge on any atom is 0.342 e. The van der Waals surface area contributed by atoms with Crippen molar-refractivity contribution >= 4 is 17.2 Å². The van der Waals surface area contributed by atoms with Gasteiger partial charge in [-0.05, 0) is 12.1 Å². The molecular formula is C11H11N3O2. The molecule has 0 radical (unpaired) electrons. The van der Waals surface area contributed by atoms with Crippen molar-refractivity contribution in [2.75, 3.05) is 12.3 Å². The summed E-state index contributed by atoms with van der Waals surface area (Å²) in [6.45, 7) is 3.65. The maximum atomic E-state index is 11.6. The standard InChI is InChI=1S/C11H11N3O2/c1-2-5-16-11(15)9-7-13-14-4-3-8(12)6-10(9)14/h2-4,6-7H,1,5,12H2. The van der Waals surface area contributed by atoms with Crippen LogP contribution in [0.15, 0.2) is 37.2 Å². The molecule has 2 N–H and O–H groups in total. The van der Waals surface area contributed by atoms with Gasteiger partial charge in [-0.15, -0.1) is 0 Å². The van der Waals surface area contributed by atoms with Crippen LogP contribution in [0.5, 0.6) is 0 Å². The van der Waals surface area contributed by atoms with Crippen LogP contribution in [0.3, 0.4) is 0 Å². The molecule has 5 nitrogen and oxygen atoms in total. The van der Waals surface area contributed by atoms with E-state index in [-0.39, 0.29) is 6.61 Å². The molecule has 0 spiro atoms. The van der Waals surface area contributed by atoms with Crippen LogP contribution < -0.4 is 5.73 Å². The van der Waals surface area contributed by atoms with Crippen LogP contribution in [0.4, 0.5) is 5.69 Å². The fourth-order valence-electron chi connectivity index (χ4n) is 1.37. The van der Waals surface area contributed by atoms with E-state index in [0.717, 1.165) is 0 Å². The van der Waals surface area contributed by atoms with Crippen molar-refractivity contribution in [3.8, 4) is 0 Å². The Morgan fingerprint density at radius 2 is 2.50 bits per heavy atom. The molecule has 0 aliphatic heterocycles. The number of nitrogens with two attached hydrogens (primary N) is 1.